The molecule has 76 valence electrons. The lowest BCUT2D eigenvalue weighted by atomic mass is 10.3. The zero-order valence-corrected chi connectivity index (χ0v) is 8.45. The Morgan fingerprint density at radius 3 is 2.86 bits per heavy atom. The van der Waals surface area contributed by atoms with Gasteiger partial charge in [0.25, 0.3) is 0 Å². The maximum atomic E-state index is 9.41. The SMILES string of the molecule is COc1ccc(N=C(N)CCl)cc1O. The van der Waals surface area contributed by atoms with Crippen molar-refractivity contribution in [3.8, 4) is 11.5 Å². The predicted octanol–water partition coefficient (Wildman–Crippen LogP) is 1.63. The molecular formula is C9H11ClN2O2. The van der Waals surface area contributed by atoms with Crippen molar-refractivity contribution in [2.24, 2.45) is 10.7 Å². The van der Waals surface area contributed by atoms with Gasteiger partial charge in [-0.05, 0) is 12.1 Å². The number of alkyl halides is 1. The van der Waals surface area contributed by atoms with Crippen LogP contribution in [0.25, 0.3) is 0 Å². The summed E-state index contributed by atoms with van der Waals surface area (Å²) >= 11 is 5.46. The molecule has 0 saturated carbocycles. The summed E-state index contributed by atoms with van der Waals surface area (Å²) in [6.45, 7) is 0. The van der Waals surface area contributed by atoms with Crippen LogP contribution in [0.3, 0.4) is 0 Å². The van der Waals surface area contributed by atoms with Crippen molar-refractivity contribution < 1.29 is 9.84 Å². The Bertz CT molecular complexity index is 353. The minimum absolute atomic E-state index is 0.0242. The highest BCUT2D eigenvalue weighted by Crippen LogP contribution is 2.29. The lowest BCUT2D eigenvalue weighted by molar-refractivity contribution is 0.373. The number of aromatic hydroxyl groups is 1. The summed E-state index contributed by atoms with van der Waals surface area (Å²) in [4.78, 5) is 3.96. The Morgan fingerprint density at radius 1 is 1.64 bits per heavy atom. The smallest absolute Gasteiger partial charge is 0.160 e. The molecule has 0 unspecified atom stereocenters. The fourth-order valence-corrected chi connectivity index (χ4v) is 1.00. The quantitative estimate of drug-likeness (QED) is 0.457. The molecule has 0 amide bonds. The summed E-state index contributed by atoms with van der Waals surface area (Å²) in [6.07, 6.45) is 0. The number of phenolic OH excluding ortho intramolecular Hbond substituents is 1. The minimum atomic E-state index is 0.0242. The fourth-order valence-electron chi connectivity index (χ4n) is 0.944. The lowest BCUT2D eigenvalue weighted by Gasteiger charge is -2.03. The van der Waals surface area contributed by atoms with Crippen LogP contribution < -0.4 is 10.5 Å². The van der Waals surface area contributed by atoms with E-state index in [1.54, 1.807) is 12.1 Å². The van der Waals surface area contributed by atoms with Gasteiger partial charge in [-0.3, -0.25) is 0 Å². The van der Waals surface area contributed by atoms with Crippen molar-refractivity contribution >= 4 is 23.1 Å². The summed E-state index contributed by atoms with van der Waals surface area (Å²) in [5, 5.41) is 9.41. The standard InChI is InChI=1S/C9H11ClN2O2/c1-14-8-3-2-6(4-7(8)13)12-9(11)5-10/h2-4,13H,5H2,1H3,(H2,11,12). The first kappa shape index (κ1) is 10.7. The zero-order chi connectivity index (χ0) is 10.6. The molecule has 0 atom stereocenters. The molecule has 1 aromatic carbocycles. The third-order valence-electron chi connectivity index (χ3n) is 1.57. The molecule has 1 aromatic rings. The third-order valence-corrected chi connectivity index (χ3v) is 1.85. The molecule has 0 radical (unpaired) electrons. The molecule has 0 aliphatic heterocycles. The number of nitrogens with two attached hydrogens (primary N) is 1. The van der Waals surface area contributed by atoms with E-state index in [2.05, 4.69) is 4.99 Å². The van der Waals surface area contributed by atoms with E-state index in [9.17, 15) is 5.11 Å². The van der Waals surface area contributed by atoms with Gasteiger partial charge in [-0.2, -0.15) is 0 Å². The number of ether oxygens (including phenoxy) is 1. The van der Waals surface area contributed by atoms with Gasteiger partial charge in [-0.1, -0.05) is 0 Å². The van der Waals surface area contributed by atoms with Gasteiger partial charge in [0.15, 0.2) is 11.5 Å². The fraction of sp³-hybridized carbons (Fsp3) is 0.222. The maximum Gasteiger partial charge on any atom is 0.160 e. The van der Waals surface area contributed by atoms with Crippen molar-refractivity contribution in [2.45, 2.75) is 0 Å². The number of nitrogens with zero attached hydrogens (tertiary/aromatic N) is 1. The monoisotopic (exact) mass is 214 g/mol. The van der Waals surface area contributed by atoms with Crippen LogP contribution in [0.2, 0.25) is 0 Å². The van der Waals surface area contributed by atoms with Gasteiger partial charge in [0.1, 0.15) is 5.84 Å². The highest BCUT2D eigenvalue weighted by atomic mass is 35.5. The Balaban J connectivity index is 2.97. The average molecular weight is 215 g/mol. The number of benzene rings is 1. The zero-order valence-electron chi connectivity index (χ0n) is 7.70. The number of hydrogen-bond donors (Lipinski definition) is 2. The molecule has 14 heavy (non-hydrogen) atoms. The van der Waals surface area contributed by atoms with Gasteiger partial charge < -0.3 is 15.6 Å². The number of halogens is 1. The van der Waals surface area contributed by atoms with Gasteiger partial charge in [-0.15, -0.1) is 11.6 Å². The van der Waals surface area contributed by atoms with Crippen LogP contribution in [0.4, 0.5) is 5.69 Å². The van der Waals surface area contributed by atoms with E-state index >= 15 is 0 Å². The summed E-state index contributed by atoms with van der Waals surface area (Å²) in [7, 11) is 1.48. The van der Waals surface area contributed by atoms with Crippen LogP contribution in [0.15, 0.2) is 23.2 Å². The highest BCUT2D eigenvalue weighted by Gasteiger charge is 2.01. The second kappa shape index (κ2) is 4.72. The second-order valence-electron chi connectivity index (χ2n) is 2.59. The highest BCUT2D eigenvalue weighted by molar-refractivity contribution is 6.28. The van der Waals surface area contributed by atoms with E-state index < -0.39 is 0 Å². The largest absolute Gasteiger partial charge is 0.504 e. The first-order valence-corrected chi connectivity index (χ1v) is 4.47. The number of hydrogen-bond acceptors (Lipinski definition) is 3. The Kier molecular flexibility index (Phi) is 3.59. The van der Waals surface area contributed by atoms with E-state index in [0.717, 1.165) is 0 Å². The molecule has 5 heteroatoms. The number of amidine groups is 1. The van der Waals surface area contributed by atoms with Crippen LogP contribution in [-0.4, -0.2) is 23.9 Å². The van der Waals surface area contributed by atoms with Crippen molar-refractivity contribution in [1.29, 1.82) is 0 Å². The summed E-state index contributed by atoms with van der Waals surface area (Å²) in [5.74, 6) is 0.882. The van der Waals surface area contributed by atoms with Crippen LogP contribution in [-0.2, 0) is 0 Å². The summed E-state index contributed by atoms with van der Waals surface area (Å²) < 4.78 is 4.88. The molecule has 0 heterocycles. The first-order chi connectivity index (χ1) is 6.67. The number of methoxy groups -OCH3 is 1. The molecule has 4 nitrogen and oxygen atoms in total. The Morgan fingerprint density at radius 2 is 2.36 bits per heavy atom. The summed E-state index contributed by atoms with van der Waals surface area (Å²) in [6, 6.07) is 4.74. The van der Waals surface area contributed by atoms with Crippen LogP contribution >= 0.6 is 11.6 Å². The van der Waals surface area contributed by atoms with E-state index in [4.69, 9.17) is 22.1 Å². The van der Waals surface area contributed by atoms with E-state index in [-0.39, 0.29) is 11.6 Å². The van der Waals surface area contributed by atoms with Crippen LogP contribution in [0.1, 0.15) is 0 Å². The molecule has 0 bridgehead atoms. The molecule has 0 saturated heterocycles. The van der Waals surface area contributed by atoms with Crippen molar-refractivity contribution in [1.82, 2.24) is 0 Å². The first-order valence-electron chi connectivity index (χ1n) is 3.93. The number of rotatable bonds is 3. The normalized spacial score (nSPS) is 11.4. The average Bonchev–Trinajstić information content (AvgIpc) is 2.18. The topological polar surface area (TPSA) is 67.8 Å². The lowest BCUT2D eigenvalue weighted by Crippen LogP contribution is -2.12. The van der Waals surface area contributed by atoms with Gasteiger partial charge in [0, 0.05) is 6.07 Å². The Labute approximate surface area is 87.0 Å². The van der Waals surface area contributed by atoms with Gasteiger partial charge >= 0.3 is 0 Å². The molecule has 0 aliphatic carbocycles. The second-order valence-corrected chi connectivity index (χ2v) is 2.86. The molecule has 0 fully saturated rings. The van der Waals surface area contributed by atoms with Crippen LogP contribution in [0, 0.1) is 0 Å². The molecule has 0 aliphatic rings. The maximum absolute atomic E-state index is 9.41. The van der Waals surface area contributed by atoms with Crippen molar-refractivity contribution in [2.75, 3.05) is 13.0 Å². The van der Waals surface area contributed by atoms with Crippen molar-refractivity contribution in [3.05, 3.63) is 18.2 Å². The van der Waals surface area contributed by atoms with Gasteiger partial charge in [-0.25, -0.2) is 4.99 Å². The molecule has 1 rings (SSSR count). The van der Waals surface area contributed by atoms with Crippen molar-refractivity contribution in [3.63, 3.8) is 0 Å². The molecular weight excluding hydrogens is 204 g/mol. The van der Waals surface area contributed by atoms with E-state index in [1.165, 1.54) is 13.2 Å². The number of aliphatic imine (C=N–C) groups is 1. The van der Waals surface area contributed by atoms with E-state index in [0.29, 0.717) is 17.3 Å². The minimum Gasteiger partial charge on any atom is -0.504 e. The predicted molar refractivity (Wildman–Crippen MR) is 56.7 cm³/mol. The summed E-state index contributed by atoms with van der Waals surface area (Å²) in [5.41, 5.74) is 5.97. The molecule has 0 aromatic heterocycles. The third kappa shape index (κ3) is 2.53. The van der Waals surface area contributed by atoms with Gasteiger partial charge in [0.2, 0.25) is 0 Å². The number of phenols is 1. The van der Waals surface area contributed by atoms with E-state index in [1.807, 2.05) is 0 Å². The Hall–Kier alpha value is -1.42. The molecule has 0 spiro atoms. The van der Waals surface area contributed by atoms with Gasteiger partial charge in [0.05, 0.1) is 18.7 Å². The molecule has 3 N–H and O–H groups in total. The van der Waals surface area contributed by atoms with Crippen LogP contribution in [0.5, 0.6) is 11.5 Å².